The molecule has 1 heterocycles. The van der Waals surface area contributed by atoms with E-state index in [1.165, 1.54) is 4.90 Å². The van der Waals surface area contributed by atoms with E-state index in [-0.39, 0.29) is 0 Å². The molecule has 0 fully saturated rings. The molecule has 14 heavy (non-hydrogen) atoms. The van der Waals surface area contributed by atoms with Crippen molar-refractivity contribution < 1.29 is 4.74 Å². The van der Waals surface area contributed by atoms with Crippen LogP contribution >= 0.6 is 11.8 Å². The Hall–Kier alpha value is -1.41. The fourth-order valence-electron chi connectivity index (χ4n) is 1.42. The van der Waals surface area contributed by atoms with Gasteiger partial charge in [0, 0.05) is 0 Å². The van der Waals surface area contributed by atoms with Gasteiger partial charge in [0.2, 0.25) is 0 Å². The zero-order valence-electron chi connectivity index (χ0n) is 7.36. The lowest BCUT2D eigenvalue weighted by Gasteiger charge is -2.18. The third-order valence-corrected chi connectivity index (χ3v) is 3.17. The van der Waals surface area contributed by atoms with Crippen LogP contribution in [0.15, 0.2) is 52.3 Å². The second-order valence-electron chi connectivity index (χ2n) is 3.02. The van der Waals surface area contributed by atoms with E-state index in [1.807, 2.05) is 36.4 Å². The molecule has 0 spiro atoms. The molecule has 0 saturated heterocycles. The Labute approximate surface area is 86.7 Å². The van der Waals surface area contributed by atoms with Crippen molar-refractivity contribution in [3.05, 3.63) is 48.5 Å². The van der Waals surface area contributed by atoms with Crippen LogP contribution < -0.4 is 4.74 Å². The predicted molar refractivity (Wildman–Crippen MR) is 55.9 cm³/mol. The third kappa shape index (κ3) is 1.19. The molecule has 0 atom stereocenters. The lowest BCUT2D eigenvalue weighted by molar-refractivity contribution is 0.454. The highest BCUT2D eigenvalue weighted by Crippen LogP contribution is 2.46. The Morgan fingerprint density at radius 3 is 2.86 bits per heavy atom. The maximum Gasteiger partial charge on any atom is 0.141 e. The van der Waals surface area contributed by atoms with E-state index < -0.39 is 0 Å². The van der Waals surface area contributed by atoms with Crippen LogP contribution in [0, 0.1) is 6.07 Å². The summed E-state index contributed by atoms with van der Waals surface area (Å²) in [7, 11) is 0. The lowest BCUT2D eigenvalue weighted by atomic mass is 10.3. The molecule has 0 bridgehead atoms. The van der Waals surface area contributed by atoms with Crippen molar-refractivity contribution in [2.75, 3.05) is 0 Å². The first kappa shape index (κ1) is 7.94. The van der Waals surface area contributed by atoms with Crippen molar-refractivity contribution in [1.82, 2.24) is 0 Å². The zero-order chi connectivity index (χ0) is 9.38. The van der Waals surface area contributed by atoms with Gasteiger partial charge in [0.05, 0.1) is 9.79 Å². The van der Waals surface area contributed by atoms with Crippen LogP contribution in [-0.4, -0.2) is 0 Å². The third-order valence-electron chi connectivity index (χ3n) is 2.08. The first-order chi connectivity index (χ1) is 6.93. The van der Waals surface area contributed by atoms with Crippen molar-refractivity contribution in [2.45, 2.75) is 9.79 Å². The Morgan fingerprint density at radius 1 is 1.00 bits per heavy atom. The fourth-order valence-corrected chi connectivity index (χ4v) is 2.35. The number of fused-ring (bicyclic) bond motifs is 2. The van der Waals surface area contributed by atoms with Gasteiger partial charge in [0.1, 0.15) is 11.5 Å². The van der Waals surface area contributed by atoms with Gasteiger partial charge in [-0.1, -0.05) is 30.0 Å². The van der Waals surface area contributed by atoms with Crippen molar-refractivity contribution in [3.63, 3.8) is 0 Å². The van der Waals surface area contributed by atoms with E-state index in [2.05, 4.69) is 12.1 Å². The molecule has 0 unspecified atom stereocenters. The molecule has 2 aromatic carbocycles. The Bertz CT molecular complexity index is 392. The highest BCUT2D eigenvalue weighted by molar-refractivity contribution is 7.99. The minimum Gasteiger partial charge on any atom is -0.455 e. The van der Waals surface area contributed by atoms with Crippen molar-refractivity contribution in [3.8, 4) is 11.5 Å². The van der Waals surface area contributed by atoms with Gasteiger partial charge in [-0.25, -0.2) is 0 Å². The van der Waals surface area contributed by atoms with Crippen LogP contribution in [0.25, 0.3) is 0 Å². The number of hydrogen-bond acceptors (Lipinski definition) is 2. The van der Waals surface area contributed by atoms with E-state index in [0.717, 1.165) is 16.4 Å². The van der Waals surface area contributed by atoms with E-state index in [4.69, 9.17) is 4.74 Å². The molecule has 3 rings (SSSR count). The molecule has 2 aromatic rings. The summed E-state index contributed by atoms with van der Waals surface area (Å²) >= 11 is 1.73. The molecular formula is C12H7OS. The molecule has 1 aliphatic rings. The average Bonchev–Trinajstić information content (AvgIpc) is 2.26. The second-order valence-corrected chi connectivity index (χ2v) is 4.11. The molecule has 1 nitrogen and oxygen atoms in total. The zero-order valence-corrected chi connectivity index (χ0v) is 8.17. The topological polar surface area (TPSA) is 9.23 Å². The van der Waals surface area contributed by atoms with Crippen molar-refractivity contribution in [1.29, 1.82) is 0 Å². The second kappa shape index (κ2) is 3.07. The SMILES string of the molecule is [c]1ccc2c(c1)Sc1ccccc1O2. The molecule has 0 N–H and O–H groups in total. The van der Waals surface area contributed by atoms with Gasteiger partial charge in [-0.05, 0) is 30.3 Å². The van der Waals surface area contributed by atoms with Gasteiger partial charge >= 0.3 is 0 Å². The molecular weight excluding hydrogens is 192 g/mol. The minimum atomic E-state index is 0.924. The summed E-state index contributed by atoms with van der Waals surface area (Å²) in [6.07, 6.45) is 0. The van der Waals surface area contributed by atoms with Gasteiger partial charge in [0.25, 0.3) is 0 Å². The fraction of sp³-hybridized carbons (Fsp3) is 0. The van der Waals surface area contributed by atoms with Gasteiger partial charge in [0.15, 0.2) is 0 Å². The molecule has 0 aromatic heterocycles. The molecule has 0 saturated carbocycles. The highest BCUT2D eigenvalue weighted by atomic mass is 32.2. The van der Waals surface area contributed by atoms with Gasteiger partial charge < -0.3 is 4.74 Å². The monoisotopic (exact) mass is 199 g/mol. The van der Waals surface area contributed by atoms with Crippen LogP contribution in [0.3, 0.4) is 0 Å². The summed E-state index contributed by atoms with van der Waals surface area (Å²) in [5.41, 5.74) is 0. The average molecular weight is 199 g/mol. The van der Waals surface area contributed by atoms with Crippen LogP contribution in [0.2, 0.25) is 0 Å². The van der Waals surface area contributed by atoms with Crippen LogP contribution in [0.4, 0.5) is 0 Å². The Morgan fingerprint density at radius 2 is 1.86 bits per heavy atom. The molecule has 0 aliphatic carbocycles. The predicted octanol–water partition coefficient (Wildman–Crippen LogP) is 3.74. The number of ether oxygens (including phenoxy) is 1. The summed E-state index contributed by atoms with van der Waals surface area (Å²) in [5.74, 6) is 1.86. The smallest absolute Gasteiger partial charge is 0.141 e. The molecule has 67 valence electrons. The normalized spacial score (nSPS) is 12.6. The van der Waals surface area contributed by atoms with E-state index in [9.17, 15) is 0 Å². The lowest BCUT2D eigenvalue weighted by Crippen LogP contribution is -1.93. The van der Waals surface area contributed by atoms with Gasteiger partial charge in [-0.3, -0.25) is 0 Å². The molecule has 2 heteroatoms. The van der Waals surface area contributed by atoms with Crippen LogP contribution in [0.5, 0.6) is 11.5 Å². The molecule has 1 aliphatic heterocycles. The van der Waals surface area contributed by atoms with Gasteiger partial charge in [-0.15, -0.1) is 0 Å². The number of para-hydroxylation sites is 1. The number of rotatable bonds is 0. The summed E-state index contributed by atoms with van der Waals surface area (Å²) in [4.78, 5) is 2.30. The Balaban J connectivity index is 2.12. The van der Waals surface area contributed by atoms with Crippen LogP contribution in [0.1, 0.15) is 0 Å². The standard InChI is InChI=1S/C12H7OS/c1-3-7-11-9(5-1)13-10-6-2-4-8-12(10)14-11/h1-3,5-8H. The van der Waals surface area contributed by atoms with Crippen molar-refractivity contribution in [2.24, 2.45) is 0 Å². The summed E-state index contributed by atoms with van der Waals surface area (Å²) < 4.78 is 5.74. The summed E-state index contributed by atoms with van der Waals surface area (Å²) in [6.45, 7) is 0. The Kier molecular flexibility index (Phi) is 1.74. The maximum atomic E-state index is 5.74. The summed E-state index contributed by atoms with van der Waals surface area (Å²) in [6, 6.07) is 16.9. The number of benzene rings is 2. The van der Waals surface area contributed by atoms with E-state index in [1.54, 1.807) is 11.8 Å². The first-order valence-corrected chi connectivity index (χ1v) is 5.20. The van der Waals surface area contributed by atoms with E-state index >= 15 is 0 Å². The molecule has 1 radical (unpaired) electrons. The van der Waals surface area contributed by atoms with Gasteiger partial charge in [-0.2, -0.15) is 0 Å². The van der Waals surface area contributed by atoms with E-state index in [0.29, 0.717) is 0 Å². The highest BCUT2D eigenvalue weighted by Gasteiger charge is 2.15. The first-order valence-electron chi connectivity index (χ1n) is 4.38. The minimum absolute atomic E-state index is 0.924. The largest absolute Gasteiger partial charge is 0.455 e. The summed E-state index contributed by atoms with van der Waals surface area (Å²) in [5, 5.41) is 0. The van der Waals surface area contributed by atoms with Crippen molar-refractivity contribution >= 4 is 11.8 Å². The maximum absolute atomic E-state index is 5.74. The number of hydrogen-bond donors (Lipinski definition) is 0. The molecule has 0 amide bonds. The quantitative estimate of drug-likeness (QED) is 0.545. The van der Waals surface area contributed by atoms with Crippen LogP contribution in [-0.2, 0) is 0 Å².